The van der Waals surface area contributed by atoms with Crippen molar-refractivity contribution >= 4 is 71.0 Å². The number of carbonyl (C=O) groups is 12. The Hall–Kier alpha value is -7.59. The van der Waals surface area contributed by atoms with Gasteiger partial charge in [-0.1, -0.05) is 0 Å². The molecule has 85 heavy (non-hydrogen) atoms. The summed E-state index contributed by atoms with van der Waals surface area (Å²) in [6.07, 6.45) is -12.7. The Morgan fingerprint density at radius 3 is 1.74 bits per heavy atom. The zero-order valence-electron chi connectivity index (χ0n) is 46.8. The molecule has 18 atom stereocenters. The third-order valence-corrected chi connectivity index (χ3v) is 13.4. The quantitative estimate of drug-likeness (QED) is 0.0311. The van der Waals surface area contributed by atoms with Crippen LogP contribution in [0, 0.1) is 0 Å². The van der Waals surface area contributed by atoms with E-state index >= 15 is 0 Å². The van der Waals surface area contributed by atoms with Crippen molar-refractivity contribution in [3.8, 4) is 0 Å². The predicted molar refractivity (Wildman–Crippen MR) is 281 cm³/mol. The average Bonchev–Trinajstić information content (AvgIpc) is 4.29. The van der Waals surface area contributed by atoms with E-state index in [-0.39, 0.29) is 25.1 Å². The van der Waals surface area contributed by atoms with E-state index < -0.39 is 226 Å². The Labute approximate surface area is 483 Å². The molecule has 0 radical (unpaired) electrons. The fourth-order valence-corrected chi connectivity index (χ4v) is 8.62. The van der Waals surface area contributed by atoms with Crippen LogP contribution >= 0.6 is 0 Å². The number of likely N-dealkylation sites (tertiary alicyclic amines) is 1. The van der Waals surface area contributed by atoms with Crippen molar-refractivity contribution in [2.24, 2.45) is 5.73 Å². The van der Waals surface area contributed by atoms with Crippen molar-refractivity contribution in [1.29, 1.82) is 0 Å². The van der Waals surface area contributed by atoms with Gasteiger partial charge in [-0.05, 0) is 47.0 Å². The molecule has 1 aromatic heterocycles. The van der Waals surface area contributed by atoms with Crippen molar-refractivity contribution in [3.05, 3.63) is 18.2 Å². The number of nitrogens with one attached hydrogen (secondary N) is 10. The highest BCUT2D eigenvalue weighted by Crippen LogP contribution is 2.26. The number of nitrogens with zero attached hydrogens (tertiary/aromatic N) is 2. The Balaban J connectivity index is 1.90. The third kappa shape index (κ3) is 21.2. The van der Waals surface area contributed by atoms with Crippen LogP contribution in [0.15, 0.2) is 12.5 Å². The molecule has 478 valence electrons. The number of carbonyl (C=O) groups excluding carboxylic acids is 10. The normalized spacial score (nSPS) is 22.7. The largest absolute Gasteiger partial charge is 0.481 e. The molecule has 2 fully saturated rings. The molecular formula is C48H77N13O24. The van der Waals surface area contributed by atoms with Crippen molar-refractivity contribution < 1.29 is 118 Å². The molecule has 1 aromatic rings. The lowest BCUT2D eigenvalue weighted by atomic mass is 9.96. The van der Waals surface area contributed by atoms with Gasteiger partial charge in [0.15, 0.2) is 6.29 Å². The summed E-state index contributed by atoms with van der Waals surface area (Å²) < 4.78 is 11.6. The zero-order valence-corrected chi connectivity index (χ0v) is 46.8. The molecule has 0 aliphatic carbocycles. The number of ether oxygens (including phenoxy) is 2. The standard InChI is InChI=1S/C48H77N13O24/c1-18(65)32(49)44(80)54-24(8-9-30(69)70)39(75)58-34(20(3)67)46(82)59-33(19(2)66)45(81)57-26(14-62)41(77)55-25(11-23-12-50-17-52-23)40(76)56-27(15-63)42(78)60-35(47(83)61-10-6-7-28(61)43(79)51-13-31(71)72)21(4)84-48-36(53-22(5)68)38(74)37(73)29(16-64)85-48/h12,17-21,24-29,32-38,48,62-67,73-74H,6-11,13-16,49H2,1-5H3,(H,50,52)(H,51,79)(H,53,68)(H,54,80)(H,55,77)(H,56,76)(H,57,81)(H,58,75)(H,59,82)(H,60,78)(H,69,70)(H,71,72)/t18-,19-,20-,21-,24+,25+,26+,27+,28+,29-,32+,33-,34+,35+,36-,37+,38-,48+/m1/s1. The van der Waals surface area contributed by atoms with E-state index in [0.717, 1.165) is 32.6 Å². The van der Waals surface area contributed by atoms with Crippen LogP contribution in [0.3, 0.4) is 0 Å². The molecule has 0 unspecified atom stereocenters. The number of aromatic nitrogens is 2. The second-order valence-corrected chi connectivity index (χ2v) is 20.1. The monoisotopic (exact) mass is 1220 g/mol. The highest BCUT2D eigenvalue weighted by atomic mass is 16.7. The van der Waals surface area contributed by atoms with Crippen LogP contribution in [-0.4, -0.2) is 279 Å². The van der Waals surface area contributed by atoms with Gasteiger partial charge < -0.3 is 124 Å². The number of carboxylic acid groups (broad SMARTS) is 2. The maximum Gasteiger partial charge on any atom is 0.322 e. The van der Waals surface area contributed by atoms with Gasteiger partial charge in [0.1, 0.15) is 85.3 Å². The topological polar surface area (TPSA) is 592 Å². The SMILES string of the molecule is CC(=O)N[C@H]1[C@@H](O[C@H](C)[C@H](NC(=O)[C@H](CO)NC(=O)[C@H](Cc2cnc[nH]2)NC(=O)[C@H](CO)NC(=O)[C@H](NC(=O)[C@@H](NC(=O)[C@H](CCC(=O)O)NC(=O)[C@@H](N)[C@@H](C)O)[C@@H](C)O)[C@@H](C)O)C(=O)N2CCC[C@H]2C(=O)NCC(=O)O)O[C@H](CO)[C@H](O)[C@@H]1O. The van der Waals surface area contributed by atoms with Gasteiger partial charge in [-0.3, -0.25) is 57.5 Å². The summed E-state index contributed by atoms with van der Waals surface area (Å²) in [5.41, 5.74) is 5.78. The summed E-state index contributed by atoms with van der Waals surface area (Å²) in [7, 11) is 0. The molecule has 2 aliphatic heterocycles. The Morgan fingerprint density at radius 2 is 1.22 bits per heavy atom. The predicted octanol–water partition coefficient (Wildman–Crippen LogP) is -11.8. The summed E-state index contributed by atoms with van der Waals surface area (Å²) in [5, 5.41) is 121. The first-order valence-electron chi connectivity index (χ1n) is 26.6. The summed E-state index contributed by atoms with van der Waals surface area (Å²) in [5.74, 6) is -14.5. The molecule has 22 N–H and O–H groups in total. The highest BCUT2D eigenvalue weighted by Gasteiger charge is 2.48. The minimum atomic E-state index is -2.05. The summed E-state index contributed by atoms with van der Waals surface area (Å²) in [4.78, 5) is 165. The van der Waals surface area contributed by atoms with Gasteiger partial charge in [0.05, 0.1) is 50.6 Å². The van der Waals surface area contributed by atoms with Crippen LogP contribution in [0.4, 0.5) is 0 Å². The zero-order chi connectivity index (χ0) is 64.2. The number of aliphatic hydroxyl groups is 8. The van der Waals surface area contributed by atoms with Crippen molar-refractivity contribution in [2.75, 3.05) is 32.9 Å². The van der Waals surface area contributed by atoms with Gasteiger partial charge in [-0.15, -0.1) is 0 Å². The van der Waals surface area contributed by atoms with Crippen molar-refractivity contribution in [3.63, 3.8) is 0 Å². The lowest BCUT2D eigenvalue weighted by Crippen LogP contribution is -2.66. The molecule has 10 amide bonds. The smallest absolute Gasteiger partial charge is 0.322 e. The van der Waals surface area contributed by atoms with Gasteiger partial charge in [0.2, 0.25) is 59.1 Å². The van der Waals surface area contributed by atoms with E-state index in [0.29, 0.717) is 0 Å². The molecule has 37 nitrogen and oxygen atoms in total. The maximum atomic E-state index is 14.5. The van der Waals surface area contributed by atoms with Crippen LogP contribution in [-0.2, 0) is 73.4 Å². The van der Waals surface area contributed by atoms with E-state index in [1.54, 1.807) is 0 Å². The third-order valence-electron chi connectivity index (χ3n) is 13.4. The summed E-state index contributed by atoms with van der Waals surface area (Å²) in [6.45, 7) is 1.08. The molecule has 0 aromatic carbocycles. The number of nitrogens with two attached hydrogens (primary N) is 1. The second-order valence-electron chi connectivity index (χ2n) is 20.1. The molecule has 0 spiro atoms. The Morgan fingerprint density at radius 1 is 0.706 bits per heavy atom. The van der Waals surface area contributed by atoms with Crippen LogP contribution in [0.5, 0.6) is 0 Å². The van der Waals surface area contributed by atoms with Crippen LogP contribution in [0.25, 0.3) is 0 Å². The first-order chi connectivity index (χ1) is 39.9. The fourth-order valence-electron chi connectivity index (χ4n) is 8.62. The summed E-state index contributed by atoms with van der Waals surface area (Å²) in [6, 6.07) is -18.0. The number of aliphatic hydroxyl groups excluding tert-OH is 8. The van der Waals surface area contributed by atoms with Gasteiger partial charge >= 0.3 is 11.9 Å². The number of amides is 10. The van der Waals surface area contributed by atoms with Crippen molar-refractivity contribution in [1.82, 2.24) is 62.7 Å². The highest BCUT2D eigenvalue weighted by molar-refractivity contribution is 5.99. The van der Waals surface area contributed by atoms with Crippen LogP contribution in [0.2, 0.25) is 0 Å². The fraction of sp³-hybridized carbons (Fsp3) is 0.688. The number of imidazole rings is 1. The number of H-pyrrole nitrogens is 1. The number of carboxylic acids is 2. The molecular weight excluding hydrogens is 1140 g/mol. The second kappa shape index (κ2) is 33.8. The van der Waals surface area contributed by atoms with Crippen molar-refractivity contribution in [2.45, 2.75) is 176 Å². The first kappa shape index (κ1) is 71.7. The average molecular weight is 1220 g/mol. The number of aliphatic carboxylic acids is 2. The van der Waals surface area contributed by atoms with E-state index in [4.69, 9.17) is 20.3 Å². The minimum Gasteiger partial charge on any atom is -0.481 e. The number of rotatable bonds is 33. The van der Waals surface area contributed by atoms with E-state index in [1.165, 1.54) is 19.4 Å². The minimum absolute atomic E-state index is 0.0167. The first-order valence-corrected chi connectivity index (χ1v) is 26.6. The Kier molecular flexibility index (Phi) is 28.5. The lowest BCUT2D eigenvalue weighted by Gasteiger charge is -2.43. The Bertz CT molecular complexity index is 2490. The van der Waals surface area contributed by atoms with E-state index in [9.17, 15) is 103 Å². The molecule has 37 heteroatoms. The van der Waals surface area contributed by atoms with Crippen LogP contribution in [0.1, 0.15) is 66.0 Å². The van der Waals surface area contributed by atoms with Gasteiger partial charge in [-0.2, -0.15) is 0 Å². The van der Waals surface area contributed by atoms with Gasteiger partial charge in [0.25, 0.3) is 0 Å². The summed E-state index contributed by atoms with van der Waals surface area (Å²) >= 11 is 0. The molecule has 3 heterocycles. The molecule has 3 rings (SSSR count). The van der Waals surface area contributed by atoms with Crippen LogP contribution < -0.4 is 53.6 Å². The van der Waals surface area contributed by atoms with Gasteiger partial charge in [-0.25, -0.2) is 4.98 Å². The van der Waals surface area contributed by atoms with E-state index in [2.05, 4.69) is 57.8 Å². The lowest BCUT2D eigenvalue weighted by molar-refractivity contribution is -0.281. The molecule has 0 saturated carbocycles. The number of hydrogen-bond donors (Lipinski definition) is 21. The van der Waals surface area contributed by atoms with Gasteiger partial charge in [0, 0.05) is 38.2 Å². The molecule has 2 saturated heterocycles. The molecule has 2 aliphatic rings. The molecule has 0 bridgehead atoms. The van der Waals surface area contributed by atoms with E-state index in [1.807, 2.05) is 0 Å². The number of hydrogen-bond acceptors (Lipinski definition) is 24. The maximum absolute atomic E-state index is 14.5. The number of aromatic amines is 1.